The van der Waals surface area contributed by atoms with Crippen molar-refractivity contribution in [2.75, 3.05) is 9.91 Å². The van der Waals surface area contributed by atoms with Crippen molar-refractivity contribution in [3.05, 3.63) is 90.0 Å². The molecular formula is C34H36N4O3S3. The van der Waals surface area contributed by atoms with Crippen LogP contribution in [0.3, 0.4) is 0 Å². The van der Waals surface area contributed by atoms with Crippen molar-refractivity contribution in [3.8, 4) is 11.8 Å². The van der Waals surface area contributed by atoms with Crippen LogP contribution in [0.2, 0.25) is 0 Å². The number of thioether (sulfide) groups is 3. The lowest BCUT2D eigenvalue weighted by molar-refractivity contribution is 0.235. The Labute approximate surface area is 271 Å². The van der Waals surface area contributed by atoms with E-state index < -0.39 is 9.62 Å². The molecule has 1 unspecified atom stereocenters. The number of urea groups is 1. The van der Waals surface area contributed by atoms with Gasteiger partial charge >= 0.3 is 6.03 Å². The summed E-state index contributed by atoms with van der Waals surface area (Å²) in [6.45, 7) is 24.4. The molecule has 0 bridgehead atoms. The number of aliphatic imine (C=N–C) groups is 1. The Hall–Kier alpha value is -3.21. The van der Waals surface area contributed by atoms with E-state index in [1.165, 1.54) is 47.7 Å². The van der Waals surface area contributed by atoms with Gasteiger partial charge in [-0.3, -0.25) is 9.89 Å². The first-order valence-electron chi connectivity index (χ1n) is 14.7. The fraction of sp³-hybridized carbons (Fsp3) is 0.353. The number of fused-ring (bicyclic) bond motifs is 4. The van der Waals surface area contributed by atoms with Crippen molar-refractivity contribution in [3.63, 3.8) is 0 Å². The molecule has 228 valence electrons. The number of carbonyl (C=O) groups is 1. The van der Waals surface area contributed by atoms with E-state index in [0.29, 0.717) is 6.54 Å². The largest absolute Gasteiger partial charge is 0.493 e. The highest BCUT2D eigenvalue weighted by molar-refractivity contribution is 8.26. The molecule has 0 saturated heterocycles. The highest BCUT2D eigenvalue weighted by Crippen LogP contribution is 2.72. The highest BCUT2D eigenvalue weighted by atomic mass is 32.2. The molecule has 1 aromatic heterocycles. The van der Waals surface area contributed by atoms with Gasteiger partial charge in [0.1, 0.15) is 4.08 Å². The Morgan fingerprint density at radius 3 is 2.27 bits per heavy atom. The van der Waals surface area contributed by atoms with Gasteiger partial charge in [0.15, 0.2) is 0 Å². The Balaban J connectivity index is 1.55. The molecule has 7 rings (SSSR count). The summed E-state index contributed by atoms with van der Waals surface area (Å²) in [4.78, 5) is 26.0. The zero-order valence-corrected chi connectivity index (χ0v) is 28.5. The van der Waals surface area contributed by atoms with Crippen LogP contribution in [-0.2, 0) is 13.1 Å². The van der Waals surface area contributed by atoms with Gasteiger partial charge in [-0.05, 0) is 80.4 Å². The fourth-order valence-corrected chi connectivity index (χ4v) is 12.3. The lowest BCUT2D eigenvalue weighted by atomic mass is 9.77. The van der Waals surface area contributed by atoms with Crippen LogP contribution in [0.25, 0.3) is 5.57 Å². The average Bonchev–Trinajstić information content (AvgIpc) is 3.51. The van der Waals surface area contributed by atoms with Crippen molar-refractivity contribution in [2.24, 2.45) is 4.99 Å². The molecule has 1 aromatic carbocycles. The minimum Gasteiger partial charge on any atom is -0.493 e. The topological polar surface area (TPSA) is 81.3 Å². The van der Waals surface area contributed by atoms with Gasteiger partial charge in [0.05, 0.1) is 24.3 Å². The van der Waals surface area contributed by atoms with Gasteiger partial charge in [-0.2, -0.15) is 4.68 Å². The van der Waals surface area contributed by atoms with Gasteiger partial charge in [-0.25, -0.2) is 9.80 Å². The minimum atomic E-state index is -0.748. The van der Waals surface area contributed by atoms with E-state index >= 15 is 0 Å². The summed E-state index contributed by atoms with van der Waals surface area (Å²) in [5, 5.41) is 23.0. The number of carbonyl (C=O) groups excluding carboxylic acids is 1. The van der Waals surface area contributed by atoms with E-state index in [9.17, 15) is 15.0 Å². The van der Waals surface area contributed by atoms with Crippen LogP contribution >= 0.6 is 35.3 Å². The van der Waals surface area contributed by atoms with Gasteiger partial charge in [0, 0.05) is 55.7 Å². The van der Waals surface area contributed by atoms with Gasteiger partial charge in [0.25, 0.3) is 0 Å². The van der Waals surface area contributed by atoms with Crippen LogP contribution in [0.15, 0.2) is 72.7 Å². The molecule has 5 aliphatic rings. The molecule has 0 saturated carbocycles. The number of anilines is 1. The summed E-state index contributed by atoms with van der Waals surface area (Å²) in [5.41, 5.74) is 9.09. The summed E-state index contributed by atoms with van der Waals surface area (Å²) >= 11 is 5.45. The highest BCUT2D eigenvalue weighted by Gasteiger charge is 2.58. The molecular weight excluding hydrogens is 609 g/mol. The van der Waals surface area contributed by atoms with Crippen molar-refractivity contribution in [2.45, 2.75) is 77.1 Å². The zero-order chi connectivity index (χ0) is 31.6. The Kier molecular flexibility index (Phi) is 6.47. The van der Waals surface area contributed by atoms with Crippen molar-refractivity contribution in [1.29, 1.82) is 0 Å². The first kappa shape index (κ1) is 29.5. The third-order valence-corrected chi connectivity index (χ3v) is 14.5. The Morgan fingerprint density at radius 2 is 1.68 bits per heavy atom. The molecule has 44 heavy (non-hydrogen) atoms. The molecule has 10 heteroatoms. The van der Waals surface area contributed by atoms with E-state index in [-0.39, 0.29) is 30.3 Å². The fourth-order valence-electron chi connectivity index (χ4n) is 7.15. The van der Waals surface area contributed by atoms with Crippen molar-refractivity contribution in [1.82, 2.24) is 4.68 Å². The van der Waals surface area contributed by atoms with E-state index in [1.54, 1.807) is 11.8 Å². The number of amides is 2. The van der Waals surface area contributed by atoms with E-state index in [2.05, 4.69) is 67.7 Å². The molecule has 0 aliphatic carbocycles. The second-order valence-electron chi connectivity index (χ2n) is 12.7. The molecule has 1 spiro atoms. The molecule has 5 aliphatic heterocycles. The van der Waals surface area contributed by atoms with Crippen LogP contribution in [0.5, 0.6) is 11.8 Å². The van der Waals surface area contributed by atoms with E-state index in [4.69, 9.17) is 4.99 Å². The normalized spacial score (nSPS) is 23.0. The summed E-state index contributed by atoms with van der Waals surface area (Å²) in [6, 6.07) is 4.78. The molecule has 6 heterocycles. The smallest absolute Gasteiger partial charge is 0.344 e. The first-order chi connectivity index (χ1) is 20.7. The Bertz CT molecular complexity index is 1830. The van der Waals surface area contributed by atoms with Crippen LogP contribution in [0, 0.1) is 0 Å². The summed E-state index contributed by atoms with van der Waals surface area (Å²) in [5.74, 6) is -0.348. The lowest BCUT2D eigenvalue weighted by Gasteiger charge is -2.54. The molecule has 2 N–H and O–H groups in total. The number of allylic oxidation sites excluding steroid dienone is 3. The quantitative estimate of drug-likeness (QED) is 0.348. The monoisotopic (exact) mass is 644 g/mol. The number of hydrogen-bond donors (Lipinski definition) is 2. The second kappa shape index (κ2) is 9.64. The Morgan fingerprint density at radius 1 is 1.07 bits per heavy atom. The first-order valence-corrected chi connectivity index (χ1v) is 17.1. The maximum atomic E-state index is 14.7. The minimum absolute atomic E-state index is 0.0433. The van der Waals surface area contributed by atoms with Crippen LogP contribution in [0.1, 0.15) is 76.6 Å². The number of hydrogen-bond acceptors (Lipinski definition) is 7. The standard InChI is InChI=1S/C34H36N4O3S3/c1-16(2)29-30(17(3)4)44-34(43-29)19(6)20(7)42-31-27(34)22-12-21-14-35-13-18(5)26(21)23-15-36(38-24(39)10-11-25(38)40)32(41)37(28(22)23)33(31,8)9/h10-13,18,39-40H,1,3,14-15H2,2,4-9H3. The van der Waals surface area contributed by atoms with Gasteiger partial charge < -0.3 is 10.2 Å². The summed E-state index contributed by atoms with van der Waals surface area (Å²) in [6.07, 6.45) is 1.98. The molecule has 2 amide bonds. The zero-order valence-electron chi connectivity index (χ0n) is 26.0. The van der Waals surface area contributed by atoms with Gasteiger partial charge in [0.2, 0.25) is 11.8 Å². The van der Waals surface area contributed by atoms with Crippen LogP contribution < -0.4 is 9.91 Å². The number of rotatable bonds is 3. The van der Waals surface area contributed by atoms with Crippen LogP contribution in [-0.4, -0.2) is 36.8 Å². The number of nitrogens with zero attached hydrogens (tertiary/aromatic N) is 4. The van der Waals surface area contributed by atoms with E-state index in [0.717, 1.165) is 44.0 Å². The summed E-state index contributed by atoms with van der Waals surface area (Å²) < 4.78 is 0.751. The lowest BCUT2D eigenvalue weighted by Crippen LogP contribution is -2.62. The second-order valence-corrected chi connectivity index (χ2v) is 16.7. The van der Waals surface area contributed by atoms with Crippen molar-refractivity contribution >= 4 is 58.8 Å². The summed E-state index contributed by atoms with van der Waals surface area (Å²) in [7, 11) is 0. The molecule has 2 aromatic rings. The third kappa shape index (κ3) is 3.73. The number of aromatic hydroxyl groups is 2. The predicted octanol–water partition coefficient (Wildman–Crippen LogP) is 8.75. The van der Waals surface area contributed by atoms with Crippen molar-refractivity contribution < 1.29 is 15.0 Å². The predicted molar refractivity (Wildman–Crippen MR) is 186 cm³/mol. The maximum absolute atomic E-state index is 14.7. The van der Waals surface area contributed by atoms with E-state index in [1.807, 2.05) is 34.6 Å². The van der Waals surface area contributed by atoms with Gasteiger partial charge in [-0.15, -0.1) is 0 Å². The third-order valence-electron chi connectivity index (χ3n) is 9.27. The average molecular weight is 645 g/mol. The number of benzene rings is 1. The maximum Gasteiger partial charge on any atom is 0.344 e. The molecule has 0 radical (unpaired) electrons. The SMILES string of the molecule is C=C(C)C1=C(C(=C)C)SC2(S1)C(C)=C(C)SC1=C2c2cc3c(c4c2N(C(=O)N(n2c(O)ccc2O)C4)C1(C)C)C(C)C=NC3. The van der Waals surface area contributed by atoms with Crippen LogP contribution in [0.4, 0.5) is 10.5 Å². The van der Waals surface area contributed by atoms with Gasteiger partial charge in [-0.1, -0.05) is 55.4 Å². The molecule has 1 atom stereocenters. The molecule has 7 nitrogen and oxygen atoms in total. The molecule has 0 fully saturated rings. The number of aromatic nitrogens is 1.